The average molecular weight is 684 g/mol. The maximum atomic E-state index is 13.9. The van der Waals surface area contributed by atoms with Crippen molar-refractivity contribution in [1.82, 2.24) is 19.5 Å². The summed E-state index contributed by atoms with van der Waals surface area (Å²) in [6.45, 7) is -0.369. The van der Waals surface area contributed by atoms with Crippen LogP contribution in [0.25, 0.3) is 11.2 Å². The Bertz CT molecular complexity index is 2130. The van der Waals surface area contributed by atoms with E-state index in [0.29, 0.717) is 5.56 Å². The minimum absolute atomic E-state index is 0.0543. The van der Waals surface area contributed by atoms with Gasteiger partial charge in [0, 0.05) is 11.1 Å². The fourth-order valence-electron chi connectivity index (χ4n) is 5.70. The molecule has 1 aliphatic rings. The Morgan fingerprint density at radius 1 is 0.686 bits per heavy atom. The van der Waals surface area contributed by atoms with E-state index < -0.39 is 48.3 Å². The molecule has 0 aliphatic carbocycles. The summed E-state index contributed by atoms with van der Waals surface area (Å²) >= 11 is 0. The highest BCUT2D eigenvalue weighted by Gasteiger charge is 2.48. The van der Waals surface area contributed by atoms with E-state index in [9.17, 15) is 24.3 Å². The molecule has 0 bridgehead atoms. The van der Waals surface area contributed by atoms with Crippen molar-refractivity contribution in [1.29, 1.82) is 0 Å². The van der Waals surface area contributed by atoms with Crippen molar-refractivity contribution in [2.75, 3.05) is 11.5 Å². The first-order valence-corrected chi connectivity index (χ1v) is 15.9. The van der Waals surface area contributed by atoms with Gasteiger partial charge >= 0.3 is 11.9 Å². The third-order valence-electron chi connectivity index (χ3n) is 8.22. The minimum Gasteiger partial charge on any atom is -0.459 e. The number of hydrogen-bond acceptors (Lipinski definition) is 11. The molecule has 0 radical (unpaired) electrons. The van der Waals surface area contributed by atoms with E-state index in [4.69, 9.17) is 14.2 Å². The number of imidazole rings is 1. The first-order valence-electron chi connectivity index (χ1n) is 15.9. The first kappa shape index (κ1) is 33.0. The molecule has 4 atom stereocenters. The van der Waals surface area contributed by atoms with Gasteiger partial charge in [0.15, 0.2) is 29.3 Å². The van der Waals surface area contributed by atoms with Crippen LogP contribution in [0.3, 0.4) is 0 Å². The number of imide groups is 1. The number of anilines is 1. The highest BCUT2D eigenvalue weighted by atomic mass is 16.6. The predicted octanol–water partition coefficient (Wildman–Crippen LogP) is 4.65. The number of carbonyl (C=O) groups excluding carboxylic acids is 4. The number of carbonyl (C=O) groups is 4. The third kappa shape index (κ3) is 6.71. The standard InChI is InChI=1S/C38H29N5O8/c44-30-31(51-38(48)27-19-11-4-12-20-27)28(21-49-37(47)26-17-9-3-10-18-26)50-36(30)42-23-41-29-32(42)39-22-40-33(29)43(34(45)24-13-5-1-6-14-24)35(46)25-15-7-2-8-16-25/h1-20,22-23,28,30-31,36,44H,21H2/t28-,30-,31+,36-/m1/s1. The number of ether oxygens (including phenoxy) is 3. The van der Waals surface area contributed by atoms with Gasteiger partial charge in [-0.3, -0.25) is 14.2 Å². The molecule has 0 spiro atoms. The number of aromatic nitrogens is 4. The van der Waals surface area contributed by atoms with E-state index in [1.54, 1.807) is 121 Å². The second kappa shape index (κ2) is 14.5. The van der Waals surface area contributed by atoms with E-state index in [0.717, 1.165) is 11.2 Å². The number of rotatable bonds is 9. The average Bonchev–Trinajstić information content (AvgIpc) is 3.75. The SMILES string of the molecule is O=C(OC[C@H]1O[C@@H](n2cnc3c(N(C(=O)c4ccccc4)C(=O)c4ccccc4)ncnc32)[C@H](O)[C@H]1OC(=O)c1ccccc1)c1ccccc1. The zero-order valence-electron chi connectivity index (χ0n) is 26.8. The van der Waals surface area contributed by atoms with Crippen molar-refractivity contribution >= 4 is 40.7 Å². The highest BCUT2D eigenvalue weighted by Crippen LogP contribution is 2.35. The molecular weight excluding hydrogens is 654 g/mol. The van der Waals surface area contributed by atoms with Gasteiger partial charge in [-0.2, -0.15) is 0 Å². The maximum absolute atomic E-state index is 13.9. The lowest BCUT2D eigenvalue weighted by Gasteiger charge is -2.21. The van der Waals surface area contributed by atoms with Crippen LogP contribution in [0.4, 0.5) is 5.82 Å². The molecule has 2 aromatic heterocycles. The summed E-state index contributed by atoms with van der Waals surface area (Å²) in [6.07, 6.45) is -2.69. The predicted molar refractivity (Wildman–Crippen MR) is 182 cm³/mol. The zero-order chi connectivity index (χ0) is 35.3. The molecule has 4 aromatic carbocycles. The molecule has 1 fully saturated rings. The van der Waals surface area contributed by atoms with Gasteiger partial charge in [0.1, 0.15) is 25.1 Å². The van der Waals surface area contributed by atoms with E-state index in [2.05, 4.69) is 15.0 Å². The van der Waals surface area contributed by atoms with Gasteiger partial charge in [0.25, 0.3) is 11.8 Å². The summed E-state index contributed by atoms with van der Waals surface area (Å²) in [6, 6.07) is 33.0. The van der Waals surface area contributed by atoms with E-state index in [1.807, 2.05) is 0 Å². The number of aliphatic hydroxyl groups is 1. The fraction of sp³-hybridized carbons (Fsp3) is 0.132. The van der Waals surface area contributed by atoms with Crippen LogP contribution in [0.2, 0.25) is 0 Å². The minimum atomic E-state index is -1.50. The number of esters is 2. The van der Waals surface area contributed by atoms with Gasteiger partial charge in [-0.25, -0.2) is 29.4 Å². The highest BCUT2D eigenvalue weighted by molar-refractivity contribution is 6.27. The molecule has 13 heteroatoms. The Hall–Kier alpha value is -6.57. The Labute approximate surface area is 290 Å². The van der Waals surface area contributed by atoms with Crippen molar-refractivity contribution in [3.63, 3.8) is 0 Å². The van der Waals surface area contributed by atoms with Crippen molar-refractivity contribution in [3.05, 3.63) is 156 Å². The molecule has 1 saturated heterocycles. The molecule has 13 nitrogen and oxygen atoms in total. The van der Waals surface area contributed by atoms with Gasteiger partial charge in [0.2, 0.25) is 0 Å². The molecular formula is C38H29N5O8. The lowest BCUT2D eigenvalue weighted by molar-refractivity contribution is -0.0585. The number of fused-ring (bicyclic) bond motifs is 1. The number of nitrogens with zero attached hydrogens (tertiary/aromatic N) is 5. The van der Waals surface area contributed by atoms with Gasteiger partial charge in [0.05, 0.1) is 17.5 Å². The van der Waals surface area contributed by atoms with Crippen molar-refractivity contribution in [3.8, 4) is 0 Å². The van der Waals surface area contributed by atoms with Crippen LogP contribution in [0.5, 0.6) is 0 Å². The number of benzene rings is 4. The molecule has 1 aliphatic heterocycles. The van der Waals surface area contributed by atoms with E-state index >= 15 is 0 Å². The quantitative estimate of drug-likeness (QED) is 0.167. The molecule has 3 heterocycles. The van der Waals surface area contributed by atoms with Crippen molar-refractivity contribution < 1.29 is 38.5 Å². The molecule has 7 rings (SSSR count). The summed E-state index contributed by atoms with van der Waals surface area (Å²) in [5.74, 6) is -2.76. The van der Waals surface area contributed by atoms with Gasteiger partial charge in [-0.05, 0) is 48.5 Å². The zero-order valence-corrected chi connectivity index (χ0v) is 26.8. The molecule has 254 valence electrons. The van der Waals surface area contributed by atoms with Crippen LogP contribution in [0, 0.1) is 0 Å². The Kier molecular flexibility index (Phi) is 9.37. The molecule has 0 unspecified atom stereocenters. The Morgan fingerprint density at radius 3 is 1.75 bits per heavy atom. The van der Waals surface area contributed by atoms with Gasteiger partial charge in [-0.15, -0.1) is 0 Å². The molecule has 0 saturated carbocycles. The summed E-state index contributed by atoms with van der Waals surface area (Å²) in [5.41, 5.74) is 1.17. The van der Waals surface area contributed by atoms with Gasteiger partial charge < -0.3 is 19.3 Å². The second-order valence-electron chi connectivity index (χ2n) is 11.5. The van der Waals surface area contributed by atoms with Gasteiger partial charge in [-0.1, -0.05) is 72.8 Å². The first-order chi connectivity index (χ1) is 24.9. The summed E-state index contributed by atoms with van der Waals surface area (Å²) in [5, 5.41) is 11.6. The normalized spacial score (nSPS) is 18.2. The molecule has 6 aromatic rings. The Morgan fingerprint density at radius 2 is 1.20 bits per heavy atom. The van der Waals surface area contributed by atoms with Crippen LogP contribution in [0.1, 0.15) is 47.7 Å². The van der Waals surface area contributed by atoms with Crippen LogP contribution in [-0.2, 0) is 14.2 Å². The molecule has 1 N–H and O–H groups in total. The maximum Gasteiger partial charge on any atom is 0.338 e. The second-order valence-corrected chi connectivity index (χ2v) is 11.5. The van der Waals surface area contributed by atoms with Crippen LogP contribution in [0.15, 0.2) is 134 Å². The monoisotopic (exact) mass is 683 g/mol. The van der Waals surface area contributed by atoms with Crippen molar-refractivity contribution in [2.24, 2.45) is 0 Å². The number of hydrogen-bond donors (Lipinski definition) is 1. The van der Waals surface area contributed by atoms with Crippen molar-refractivity contribution in [2.45, 2.75) is 24.5 Å². The smallest absolute Gasteiger partial charge is 0.338 e. The van der Waals surface area contributed by atoms with E-state index in [-0.39, 0.29) is 40.3 Å². The summed E-state index contributed by atoms with van der Waals surface area (Å²) < 4.78 is 18.9. The van der Waals surface area contributed by atoms with E-state index in [1.165, 1.54) is 10.9 Å². The lowest BCUT2D eigenvalue weighted by atomic mass is 10.1. The number of aliphatic hydroxyl groups excluding tert-OH is 1. The van der Waals surface area contributed by atoms with Crippen LogP contribution < -0.4 is 4.90 Å². The van der Waals surface area contributed by atoms with Crippen LogP contribution >= 0.6 is 0 Å². The molecule has 2 amide bonds. The topological polar surface area (TPSA) is 163 Å². The third-order valence-corrected chi connectivity index (χ3v) is 8.22. The lowest BCUT2D eigenvalue weighted by Crippen LogP contribution is -2.38. The fourth-order valence-corrected chi connectivity index (χ4v) is 5.70. The molecule has 51 heavy (non-hydrogen) atoms. The largest absolute Gasteiger partial charge is 0.459 e. The number of amides is 2. The summed E-state index contributed by atoms with van der Waals surface area (Å²) in [7, 11) is 0. The summed E-state index contributed by atoms with van der Waals surface area (Å²) in [4.78, 5) is 67.8. The Balaban J connectivity index is 1.23. The van der Waals surface area contributed by atoms with Crippen LogP contribution in [-0.4, -0.2) is 73.3 Å².